The molecule has 1 aromatic rings. The van der Waals surface area contributed by atoms with Gasteiger partial charge in [0.2, 0.25) is 0 Å². The first-order valence-electron chi connectivity index (χ1n) is 6.23. The van der Waals surface area contributed by atoms with E-state index in [0.717, 1.165) is 25.3 Å². The molecule has 1 fully saturated rings. The van der Waals surface area contributed by atoms with Crippen LogP contribution in [0.25, 0.3) is 0 Å². The maximum atomic E-state index is 13.2. The molecule has 1 aliphatic rings. The van der Waals surface area contributed by atoms with Gasteiger partial charge in [-0.2, -0.15) is 0 Å². The van der Waals surface area contributed by atoms with Crippen LogP contribution in [0.15, 0.2) is 12.1 Å². The number of halogens is 2. The van der Waals surface area contributed by atoms with Gasteiger partial charge in [-0.15, -0.1) is 0 Å². The number of piperidine rings is 1. The molecule has 0 bridgehead atoms. The summed E-state index contributed by atoms with van der Waals surface area (Å²) in [6.07, 6.45) is 2.36. The minimum Gasteiger partial charge on any atom is -0.397 e. The van der Waals surface area contributed by atoms with E-state index in [0.29, 0.717) is 11.6 Å². The van der Waals surface area contributed by atoms with Gasteiger partial charge in [0.05, 0.1) is 16.4 Å². The van der Waals surface area contributed by atoms with Gasteiger partial charge in [0.25, 0.3) is 0 Å². The Balaban J connectivity index is 1.92. The van der Waals surface area contributed by atoms with E-state index in [1.165, 1.54) is 18.9 Å². The van der Waals surface area contributed by atoms with Crippen molar-refractivity contribution in [2.45, 2.75) is 12.8 Å². The van der Waals surface area contributed by atoms with Crippen molar-refractivity contribution < 1.29 is 4.39 Å². The molecule has 0 spiro atoms. The van der Waals surface area contributed by atoms with Crippen LogP contribution in [-0.2, 0) is 0 Å². The monoisotopic (exact) mass is 271 g/mol. The Bertz CT molecular complexity index is 417. The molecule has 2 rings (SSSR count). The average molecular weight is 272 g/mol. The SMILES string of the molecule is CN1CCC(CNc2cc(Cl)c(F)cc2N)CC1. The summed E-state index contributed by atoms with van der Waals surface area (Å²) < 4.78 is 13.2. The van der Waals surface area contributed by atoms with Crippen molar-refractivity contribution >= 4 is 23.0 Å². The van der Waals surface area contributed by atoms with Crippen molar-refractivity contribution in [1.29, 1.82) is 0 Å². The lowest BCUT2D eigenvalue weighted by Crippen LogP contribution is -2.33. The summed E-state index contributed by atoms with van der Waals surface area (Å²) >= 11 is 5.75. The molecule has 5 heteroatoms. The smallest absolute Gasteiger partial charge is 0.143 e. The molecule has 0 amide bonds. The van der Waals surface area contributed by atoms with Crippen LogP contribution in [0.5, 0.6) is 0 Å². The highest BCUT2D eigenvalue weighted by Crippen LogP contribution is 2.27. The average Bonchev–Trinajstić information content (AvgIpc) is 2.34. The third-order valence-electron chi connectivity index (χ3n) is 3.51. The van der Waals surface area contributed by atoms with Crippen molar-refractivity contribution in [3.63, 3.8) is 0 Å². The molecule has 0 unspecified atom stereocenters. The van der Waals surface area contributed by atoms with Crippen LogP contribution in [-0.4, -0.2) is 31.6 Å². The highest BCUT2D eigenvalue weighted by molar-refractivity contribution is 6.31. The molecular weight excluding hydrogens is 253 g/mol. The Morgan fingerprint density at radius 3 is 2.78 bits per heavy atom. The Morgan fingerprint density at radius 2 is 2.11 bits per heavy atom. The molecule has 1 saturated heterocycles. The zero-order chi connectivity index (χ0) is 13.1. The maximum Gasteiger partial charge on any atom is 0.143 e. The van der Waals surface area contributed by atoms with Gasteiger partial charge in [-0.3, -0.25) is 0 Å². The van der Waals surface area contributed by atoms with E-state index in [4.69, 9.17) is 17.3 Å². The van der Waals surface area contributed by atoms with Crippen LogP contribution in [0.4, 0.5) is 15.8 Å². The lowest BCUT2D eigenvalue weighted by Gasteiger charge is -2.29. The zero-order valence-electron chi connectivity index (χ0n) is 10.5. The molecule has 0 saturated carbocycles. The number of benzene rings is 1. The number of hydrogen-bond donors (Lipinski definition) is 2. The summed E-state index contributed by atoms with van der Waals surface area (Å²) in [7, 11) is 2.14. The number of nitrogen functional groups attached to an aromatic ring is 1. The van der Waals surface area contributed by atoms with E-state index in [2.05, 4.69) is 17.3 Å². The Kier molecular flexibility index (Phi) is 4.30. The fourth-order valence-electron chi connectivity index (χ4n) is 2.24. The van der Waals surface area contributed by atoms with Crippen LogP contribution in [0.1, 0.15) is 12.8 Å². The van der Waals surface area contributed by atoms with E-state index in [1.54, 1.807) is 6.07 Å². The van der Waals surface area contributed by atoms with Gasteiger partial charge in [0.1, 0.15) is 5.82 Å². The third-order valence-corrected chi connectivity index (χ3v) is 3.80. The fourth-order valence-corrected chi connectivity index (χ4v) is 2.40. The number of anilines is 2. The lowest BCUT2D eigenvalue weighted by molar-refractivity contribution is 0.226. The molecule has 0 atom stereocenters. The van der Waals surface area contributed by atoms with Crippen LogP contribution >= 0.6 is 11.6 Å². The summed E-state index contributed by atoms with van der Waals surface area (Å²) in [4.78, 5) is 2.33. The number of nitrogens with two attached hydrogens (primary N) is 1. The van der Waals surface area contributed by atoms with Crippen molar-refractivity contribution in [3.8, 4) is 0 Å². The van der Waals surface area contributed by atoms with E-state index in [9.17, 15) is 4.39 Å². The van der Waals surface area contributed by atoms with Gasteiger partial charge in [-0.1, -0.05) is 11.6 Å². The van der Waals surface area contributed by atoms with Gasteiger partial charge in [-0.05, 0) is 45.0 Å². The van der Waals surface area contributed by atoms with Crippen LogP contribution in [0.2, 0.25) is 5.02 Å². The van der Waals surface area contributed by atoms with Crippen LogP contribution < -0.4 is 11.1 Å². The van der Waals surface area contributed by atoms with Crippen molar-refractivity contribution in [2.75, 3.05) is 37.7 Å². The van der Waals surface area contributed by atoms with Gasteiger partial charge < -0.3 is 16.0 Å². The molecular formula is C13H19ClFN3. The number of rotatable bonds is 3. The second-order valence-corrected chi connectivity index (χ2v) is 5.39. The Hall–Kier alpha value is -1.00. The highest BCUT2D eigenvalue weighted by Gasteiger charge is 2.16. The molecule has 0 aromatic heterocycles. The third kappa shape index (κ3) is 3.27. The summed E-state index contributed by atoms with van der Waals surface area (Å²) in [6, 6.07) is 2.82. The Labute approximate surface area is 112 Å². The molecule has 1 heterocycles. The predicted molar refractivity (Wildman–Crippen MR) is 74.5 cm³/mol. The van der Waals surface area contributed by atoms with E-state index in [1.807, 2.05) is 0 Å². The number of hydrogen-bond acceptors (Lipinski definition) is 3. The van der Waals surface area contributed by atoms with E-state index >= 15 is 0 Å². The number of likely N-dealkylation sites (tertiary alicyclic amines) is 1. The maximum absolute atomic E-state index is 13.2. The zero-order valence-corrected chi connectivity index (χ0v) is 11.3. The van der Waals surface area contributed by atoms with E-state index < -0.39 is 5.82 Å². The highest BCUT2D eigenvalue weighted by atomic mass is 35.5. The van der Waals surface area contributed by atoms with Crippen LogP contribution in [0.3, 0.4) is 0 Å². The standard InChI is InChI=1S/C13H19ClFN3/c1-18-4-2-9(3-5-18)8-17-13-6-10(14)11(15)7-12(13)16/h6-7,9,17H,2-5,8,16H2,1H3. The first kappa shape index (κ1) is 13.4. The van der Waals surface area contributed by atoms with Gasteiger partial charge in [0, 0.05) is 12.6 Å². The second-order valence-electron chi connectivity index (χ2n) is 4.98. The molecule has 0 aliphatic carbocycles. The Morgan fingerprint density at radius 1 is 1.44 bits per heavy atom. The van der Waals surface area contributed by atoms with Gasteiger partial charge in [-0.25, -0.2) is 4.39 Å². The van der Waals surface area contributed by atoms with Gasteiger partial charge in [0.15, 0.2) is 0 Å². The molecule has 100 valence electrons. The largest absolute Gasteiger partial charge is 0.397 e. The van der Waals surface area contributed by atoms with Crippen LogP contribution in [0, 0.1) is 11.7 Å². The molecule has 1 aliphatic heterocycles. The summed E-state index contributed by atoms with van der Waals surface area (Å²) in [5, 5.41) is 3.38. The summed E-state index contributed by atoms with van der Waals surface area (Å²) in [5.74, 6) is 0.170. The normalized spacial score (nSPS) is 17.9. The minimum absolute atomic E-state index is 0.107. The second kappa shape index (κ2) is 5.76. The quantitative estimate of drug-likeness (QED) is 0.831. The van der Waals surface area contributed by atoms with Crippen molar-refractivity contribution in [3.05, 3.63) is 23.0 Å². The molecule has 0 radical (unpaired) electrons. The summed E-state index contributed by atoms with van der Waals surface area (Å²) in [6.45, 7) is 3.12. The topological polar surface area (TPSA) is 41.3 Å². The number of nitrogens with one attached hydrogen (secondary N) is 1. The molecule has 18 heavy (non-hydrogen) atoms. The van der Waals surface area contributed by atoms with Crippen molar-refractivity contribution in [2.24, 2.45) is 5.92 Å². The van der Waals surface area contributed by atoms with Gasteiger partial charge >= 0.3 is 0 Å². The lowest BCUT2D eigenvalue weighted by atomic mass is 9.97. The minimum atomic E-state index is -0.473. The first-order valence-corrected chi connectivity index (χ1v) is 6.61. The molecule has 3 nitrogen and oxygen atoms in total. The molecule has 3 N–H and O–H groups in total. The first-order chi connectivity index (χ1) is 8.56. The number of nitrogens with zero attached hydrogens (tertiary/aromatic N) is 1. The summed E-state index contributed by atoms with van der Waals surface area (Å²) in [5.41, 5.74) is 6.89. The fraction of sp³-hybridized carbons (Fsp3) is 0.538. The van der Waals surface area contributed by atoms with E-state index in [-0.39, 0.29) is 5.02 Å². The predicted octanol–water partition coefficient (Wildman–Crippen LogP) is 2.82. The molecule has 1 aromatic carbocycles. The van der Waals surface area contributed by atoms with Crippen molar-refractivity contribution in [1.82, 2.24) is 4.90 Å².